The van der Waals surface area contributed by atoms with E-state index in [0.29, 0.717) is 11.5 Å². The Bertz CT molecular complexity index is 2140. The summed E-state index contributed by atoms with van der Waals surface area (Å²) in [5.74, 6) is 1.24. The van der Waals surface area contributed by atoms with E-state index < -0.39 is 5.41 Å². The first-order chi connectivity index (χ1) is 23.7. The summed E-state index contributed by atoms with van der Waals surface area (Å²) in [5.41, 5.74) is 11.6. The van der Waals surface area contributed by atoms with Crippen LogP contribution in [0.3, 0.4) is 0 Å². The summed E-state index contributed by atoms with van der Waals surface area (Å²) in [4.78, 5) is 9.77. The molecule has 2 aromatic heterocycles. The van der Waals surface area contributed by atoms with Gasteiger partial charge in [0.25, 0.3) is 0 Å². The van der Waals surface area contributed by atoms with Crippen molar-refractivity contribution in [3.63, 3.8) is 0 Å². The fourth-order valence-corrected chi connectivity index (χ4v) is 7.09. The van der Waals surface area contributed by atoms with E-state index in [0.717, 1.165) is 22.5 Å². The van der Waals surface area contributed by atoms with E-state index in [1.807, 2.05) is 42.7 Å². The van der Waals surface area contributed by atoms with Gasteiger partial charge in [0.15, 0.2) is 0 Å². The van der Waals surface area contributed by atoms with E-state index in [4.69, 9.17) is 9.72 Å². The third kappa shape index (κ3) is 6.74. The molecular weight excluding hydrogens is 804 g/mol. The first kappa shape index (κ1) is 36.5. The van der Waals surface area contributed by atoms with Crippen LogP contribution < -0.4 is 4.74 Å². The van der Waals surface area contributed by atoms with E-state index in [9.17, 15) is 0 Å². The number of pyridine rings is 2. The van der Waals surface area contributed by atoms with Crippen molar-refractivity contribution in [1.29, 1.82) is 0 Å². The average Bonchev–Trinajstić information content (AvgIpc) is 3.38. The van der Waals surface area contributed by atoms with Gasteiger partial charge in [-0.1, -0.05) is 117 Å². The predicted molar refractivity (Wildman–Crippen MR) is 205 cm³/mol. The zero-order valence-electron chi connectivity index (χ0n) is 31.1. The van der Waals surface area contributed by atoms with Crippen LogP contribution in [0.1, 0.15) is 101 Å². The van der Waals surface area contributed by atoms with E-state index in [1.165, 1.54) is 38.9 Å². The van der Waals surface area contributed by atoms with Gasteiger partial charge in [-0.3, -0.25) is 4.98 Å². The van der Waals surface area contributed by atoms with Crippen LogP contribution in [0.2, 0.25) is 0 Å². The quantitative estimate of drug-likeness (QED) is 0.162. The fraction of sp³-hybridized carbons (Fsp3) is 0.277. The van der Waals surface area contributed by atoms with Crippen LogP contribution in [0.25, 0.3) is 22.4 Å². The Morgan fingerprint density at radius 1 is 0.529 bits per heavy atom. The van der Waals surface area contributed by atoms with E-state index >= 15 is 0 Å². The molecule has 4 aromatic carbocycles. The van der Waals surface area contributed by atoms with Gasteiger partial charge < -0.3 is 9.72 Å². The SMILES string of the molecule is CC(C)(C)c1ccnc(-c2[c-]c(Oc3[c-]c(C4(c5ccccn5)c5cc(C(C)(C)C)ccc5-c5ccc(C(C)(C)C)cc54)ccc3)ccc2)c1.[Pt+2]. The molecule has 0 radical (unpaired) electrons. The van der Waals surface area contributed by atoms with Gasteiger partial charge >= 0.3 is 21.1 Å². The normalized spacial score (nSPS) is 13.6. The fourth-order valence-electron chi connectivity index (χ4n) is 7.09. The molecule has 1 aliphatic carbocycles. The Morgan fingerprint density at radius 3 is 1.67 bits per heavy atom. The number of hydrogen-bond donors (Lipinski definition) is 0. The van der Waals surface area contributed by atoms with E-state index in [1.54, 1.807) is 0 Å². The third-order valence-corrected chi connectivity index (χ3v) is 9.98. The van der Waals surface area contributed by atoms with Crippen LogP contribution in [0, 0.1) is 12.1 Å². The Kier molecular flexibility index (Phi) is 9.53. The second-order valence-corrected chi connectivity index (χ2v) is 16.6. The summed E-state index contributed by atoms with van der Waals surface area (Å²) < 4.78 is 6.59. The molecule has 1 aliphatic rings. The van der Waals surface area contributed by atoms with Crippen molar-refractivity contribution in [2.45, 2.75) is 84.0 Å². The van der Waals surface area contributed by atoms with Gasteiger partial charge in [-0.2, -0.15) is 12.1 Å². The molecule has 0 aliphatic heterocycles. The largest absolute Gasteiger partial charge is 2.00 e. The van der Waals surface area contributed by atoms with Gasteiger partial charge in [0.1, 0.15) is 0 Å². The number of nitrogens with zero attached hydrogens (tertiary/aromatic N) is 2. The molecule has 0 spiro atoms. The Balaban J connectivity index is 0.00000448. The standard InChI is InChI=1S/C47H46N2O.Pt/c1-44(2,3)32-19-21-38-39-22-20-33(45(4,5)6)29-41(39)47(40(38)28-32,43-18-10-11-24-49-43)35-15-13-17-37(27-35)50-36-16-12-14-31(26-36)42-30-34(23-25-48-42)46(7,8)9;/h10-25,28-30H,1-9H3;/q-2;+2. The monoisotopic (exact) mass is 849 g/mol. The van der Waals surface area contributed by atoms with E-state index in [-0.39, 0.29) is 37.3 Å². The zero-order valence-corrected chi connectivity index (χ0v) is 33.4. The smallest absolute Gasteiger partial charge is 0.503 e. The first-order valence-corrected chi connectivity index (χ1v) is 17.6. The first-order valence-electron chi connectivity index (χ1n) is 17.6. The number of rotatable bonds is 5. The minimum absolute atomic E-state index is 0. The maximum atomic E-state index is 6.59. The minimum atomic E-state index is -0.712. The molecule has 260 valence electrons. The number of hydrogen-bond acceptors (Lipinski definition) is 3. The summed E-state index contributed by atoms with van der Waals surface area (Å²) in [7, 11) is 0. The second kappa shape index (κ2) is 13.3. The third-order valence-electron chi connectivity index (χ3n) is 9.98. The van der Waals surface area contributed by atoms with Crippen LogP contribution in [-0.4, -0.2) is 9.97 Å². The summed E-state index contributed by atoms with van der Waals surface area (Å²) in [6.07, 6.45) is 3.78. The molecule has 0 atom stereocenters. The van der Waals surface area contributed by atoms with Gasteiger partial charge in [-0.05, 0) is 79.1 Å². The van der Waals surface area contributed by atoms with Crippen LogP contribution in [0.15, 0.2) is 116 Å². The molecule has 4 heteroatoms. The molecule has 7 rings (SSSR count). The van der Waals surface area contributed by atoms with E-state index in [2.05, 4.69) is 152 Å². The maximum absolute atomic E-state index is 6.59. The topological polar surface area (TPSA) is 35.0 Å². The summed E-state index contributed by atoms with van der Waals surface area (Å²) in [5, 5.41) is 0. The zero-order chi connectivity index (χ0) is 35.5. The molecule has 0 saturated heterocycles. The minimum Gasteiger partial charge on any atom is -0.503 e. The molecule has 0 amide bonds. The molecule has 6 aromatic rings. The van der Waals surface area contributed by atoms with Crippen molar-refractivity contribution >= 4 is 0 Å². The molecule has 0 unspecified atom stereocenters. The van der Waals surface area contributed by atoms with Gasteiger partial charge in [-0.15, -0.1) is 41.5 Å². The van der Waals surface area contributed by atoms with Crippen molar-refractivity contribution in [2.75, 3.05) is 0 Å². The Hall–Kier alpha value is -4.33. The van der Waals surface area contributed by atoms with Crippen LogP contribution in [-0.2, 0) is 42.7 Å². The predicted octanol–water partition coefficient (Wildman–Crippen LogP) is 11.8. The Labute approximate surface area is 318 Å². The molecule has 0 saturated carbocycles. The van der Waals surface area contributed by atoms with Gasteiger partial charge in [0, 0.05) is 23.9 Å². The van der Waals surface area contributed by atoms with Crippen LogP contribution in [0.5, 0.6) is 11.5 Å². The molecular formula is C47H46N2OPt. The molecule has 3 nitrogen and oxygen atoms in total. The van der Waals surface area contributed by atoms with Gasteiger partial charge in [0.05, 0.1) is 11.1 Å². The number of aromatic nitrogens is 2. The van der Waals surface area contributed by atoms with Crippen LogP contribution >= 0.6 is 0 Å². The van der Waals surface area contributed by atoms with Crippen molar-refractivity contribution < 1.29 is 25.8 Å². The molecule has 51 heavy (non-hydrogen) atoms. The average molecular weight is 850 g/mol. The molecule has 0 bridgehead atoms. The van der Waals surface area contributed by atoms with Crippen molar-refractivity contribution in [1.82, 2.24) is 9.97 Å². The molecule has 0 N–H and O–H groups in total. The number of benzene rings is 4. The Morgan fingerprint density at radius 2 is 1.10 bits per heavy atom. The number of fused-ring (bicyclic) bond motifs is 3. The van der Waals surface area contributed by atoms with Crippen molar-refractivity contribution in [2.24, 2.45) is 0 Å². The van der Waals surface area contributed by atoms with Crippen LogP contribution in [0.4, 0.5) is 0 Å². The summed E-state index contributed by atoms with van der Waals surface area (Å²) in [6.45, 7) is 20.3. The summed E-state index contributed by atoms with van der Waals surface area (Å²) in [6, 6.07) is 43.9. The van der Waals surface area contributed by atoms with Gasteiger partial charge in [-0.25, -0.2) is 0 Å². The van der Waals surface area contributed by atoms with Gasteiger partial charge in [0.2, 0.25) is 0 Å². The van der Waals surface area contributed by atoms with Crippen molar-refractivity contribution in [3.8, 4) is 33.9 Å². The van der Waals surface area contributed by atoms with Crippen molar-refractivity contribution in [3.05, 3.63) is 167 Å². The molecule has 2 heterocycles. The maximum Gasteiger partial charge on any atom is 2.00 e. The summed E-state index contributed by atoms with van der Waals surface area (Å²) >= 11 is 0. The molecule has 0 fully saturated rings. The number of ether oxygens (including phenoxy) is 1. The second-order valence-electron chi connectivity index (χ2n) is 16.6.